The second-order valence-corrected chi connectivity index (χ2v) is 8.42. The Balaban J connectivity index is 1.62. The van der Waals surface area contributed by atoms with Crippen molar-refractivity contribution >= 4 is 22.9 Å². The van der Waals surface area contributed by atoms with Gasteiger partial charge in [-0.25, -0.2) is 13.9 Å². The highest BCUT2D eigenvalue weighted by Gasteiger charge is 2.38. The normalized spacial score (nSPS) is 16.8. The smallest absolute Gasteiger partial charge is 0.331 e. The van der Waals surface area contributed by atoms with E-state index in [1.807, 2.05) is 0 Å². The minimum atomic E-state index is -4.69. The predicted molar refractivity (Wildman–Crippen MR) is 111 cm³/mol. The standard InChI is InChI=1S/C22H16F4N4OS/c23-15-6-2-1-5-13(15)17-7-3-9-29(17)21(31)14-12-27-30-19(22(24,25)26)11-16(28-20(14)30)18-8-4-10-32-18/h1-2,4-6,8,10-12,17H,3,7,9H2/t17-/m0/s1. The molecule has 32 heavy (non-hydrogen) atoms. The molecule has 0 spiro atoms. The number of amides is 1. The maximum absolute atomic E-state index is 14.4. The summed E-state index contributed by atoms with van der Waals surface area (Å²) in [5.74, 6) is -0.941. The molecule has 5 nitrogen and oxygen atoms in total. The number of fused-ring (bicyclic) bond motifs is 1. The van der Waals surface area contributed by atoms with E-state index in [2.05, 4.69) is 10.1 Å². The Hall–Kier alpha value is -3.27. The maximum atomic E-state index is 14.4. The Labute approximate surface area is 183 Å². The number of hydrogen-bond donors (Lipinski definition) is 0. The van der Waals surface area contributed by atoms with Crippen LogP contribution in [0, 0.1) is 5.82 Å². The molecule has 1 atom stereocenters. The van der Waals surface area contributed by atoms with Gasteiger partial charge in [0.25, 0.3) is 5.91 Å². The Morgan fingerprint density at radius 1 is 1.16 bits per heavy atom. The highest BCUT2D eigenvalue weighted by molar-refractivity contribution is 7.13. The van der Waals surface area contributed by atoms with Crippen LogP contribution in [0.5, 0.6) is 0 Å². The van der Waals surface area contributed by atoms with Crippen molar-refractivity contribution in [3.8, 4) is 10.6 Å². The van der Waals surface area contributed by atoms with Crippen LogP contribution in [0.25, 0.3) is 16.2 Å². The van der Waals surface area contributed by atoms with Gasteiger partial charge in [-0.2, -0.15) is 18.3 Å². The molecule has 0 aliphatic carbocycles. The predicted octanol–water partition coefficient (Wildman–Crippen LogP) is 5.59. The molecule has 4 heterocycles. The van der Waals surface area contributed by atoms with Crippen molar-refractivity contribution in [1.82, 2.24) is 19.5 Å². The van der Waals surface area contributed by atoms with E-state index in [0.29, 0.717) is 34.3 Å². The van der Waals surface area contributed by atoms with Crippen molar-refractivity contribution in [2.45, 2.75) is 25.1 Å². The summed E-state index contributed by atoms with van der Waals surface area (Å²) in [5.41, 5.74) is -0.735. The Morgan fingerprint density at radius 2 is 1.97 bits per heavy atom. The lowest BCUT2D eigenvalue weighted by molar-refractivity contribution is -0.142. The zero-order valence-electron chi connectivity index (χ0n) is 16.5. The molecule has 0 saturated carbocycles. The number of benzene rings is 1. The number of nitrogens with zero attached hydrogens (tertiary/aromatic N) is 4. The molecule has 0 bridgehead atoms. The lowest BCUT2D eigenvalue weighted by atomic mass is 10.0. The van der Waals surface area contributed by atoms with E-state index < -0.39 is 29.6 Å². The number of carbonyl (C=O) groups excluding carboxylic acids is 1. The topological polar surface area (TPSA) is 50.5 Å². The molecule has 1 saturated heterocycles. The number of thiophene rings is 1. The molecule has 10 heteroatoms. The lowest BCUT2D eigenvalue weighted by Gasteiger charge is -2.25. The van der Waals surface area contributed by atoms with Gasteiger partial charge in [0.2, 0.25) is 0 Å². The van der Waals surface area contributed by atoms with Gasteiger partial charge in [-0.1, -0.05) is 24.3 Å². The molecule has 164 valence electrons. The van der Waals surface area contributed by atoms with Crippen LogP contribution in [0.2, 0.25) is 0 Å². The molecular weight excluding hydrogens is 444 g/mol. The van der Waals surface area contributed by atoms with Crippen LogP contribution in [0.1, 0.15) is 40.5 Å². The van der Waals surface area contributed by atoms with Crippen molar-refractivity contribution < 1.29 is 22.4 Å². The summed E-state index contributed by atoms with van der Waals surface area (Å²) in [5, 5.41) is 5.57. The van der Waals surface area contributed by atoms with Crippen molar-refractivity contribution in [2.24, 2.45) is 0 Å². The summed E-state index contributed by atoms with van der Waals surface area (Å²) in [6.45, 7) is 0.367. The highest BCUT2D eigenvalue weighted by atomic mass is 32.1. The molecule has 0 radical (unpaired) electrons. The summed E-state index contributed by atoms with van der Waals surface area (Å²) < 4.78 is 56.3. The number of rotatable bonds is 3. The zero-order chi connectivity index (χ0) is 22.5. The molecule has 1 aliphatic rings. The van der Waals surface area contributed by atoms with E-state index in [-0.39, 0.29) is 16.9 Å². The Morgan fingerprint density at radius 3 is 2.69 bits per heavy atom. The van der Waals surface area contributed by atoms with E-state index in [0.717, 1.165) is 12.3 Å². The van der Waals surface area contributed by atoms with Gasteiger partial charge in [0.1, 0.15) is 11.4 Å². The quantitative estimate of drug-likeness (QED) is 0.375. The van der Waals surface area contributed by atoms with Crippen LogP contribution in [-0.4, -0.2) is 31.9 Å². The fraction of sp³-hybridized carbons (Fsp3) is 0.227. The van der Waals surface area contributed by atoms with Gasteiger partial charge in [0.05, 0.1) is 22.8 Å². The first kappa shape index (κ1) is 20.6. The third-order valence-electron chi connectivity index (χ3n) is 5.54. The molecule has 5 rings (SSSR count). The number of halogens is 4. The second kappa shape index (κ2) is 7.70. The maximum Gasteiger partial charge on any atom is 0.433 e. The van der Waals surface area contributed by atoms with Gasteiger partial charge in [0, 0.05) is 12.1 Å². The molecule has 3 aromatic heterocycles. The lowest BCUT2D eigenvalue weighted by Crippen LogP contribution is -2.31. The summed E-state index contributed by atoms with van der Waals surface area (Å²) in [6, 6.07) is 10.0. The molecule has 0 unspecified atom stereocenters. The van der Waals surface area contributed by atoms with Gasteiger partial charge in [-0.3, -0.25) is 4.79 Å². The van der Waals surface area contributed by atoms with Crippen LogP contribution in [0.4, 0.5) is 17.6 Å². The number of carbonyl (C=O) groups is 1. The fourth-order valence-corrected chi connectivity index (χ4v) is 4.79. The average molecular weight is 460 g/mol. The molecule has 4 aromatic rings. The zero-order valence-corrected chi connectivity index (χ0v) is 17.3. The highest BCUT2D eigenvalue weighted by Crippen LogP contribution is 2.37. The minimum absolute atomic E-state index is 0.0443. The number of aromatic nitrogens is 3. The first-order valence-corrected chi connectivity index (χ1v) is 10.8. The Bertz CT molecular complexity index is 1300. The molecule has 0 N–H and O–H groups in total. The SMILES string of the molecule is O=C(c1cnn2c(C(F)(F)F)cc(-c3cccs3)nc12)N1CCC[C@H]1c1ccccc1F. The molecule has 1 aromatic carbocycles. The van der Waals surface area contributed by atoms with Crippen LogP contribution in [0.15, 0.2) is 54.0 Å². The molecular formula is C22H16F4N4OS. The van der Waals surface area contributed by atoms with Gasteiger partial charge in [0.15, 0.2) is 11.3 Å². The van der Waals surface area contributed by atoms with Gasteiger partial charge < -0.3 is 4.90 Å². The molecule has 1 fully saturated rings. The number of likely N-dealkylation sites (tertiary alicyclic amines) is 1. The second-order valence-electron chi connectivity index (χ2n) is 7.47. The van der Waals surface area contributed by atoms with E-state index in [1.165, 1.54) is 22.3 Å². The monoisotopic (exact) mass is 460 g/mol. The van der Waals surface area contributed by atoms with Crippen molar-refractivity contribution in [3.63, 3.8) is 0 Å². The molecule has 1 aliphatic heterocycles. The molecule has 1 amide bonds. The van der Waals surface area contributed by atoms with Crippen LogP contribution < -0.4 is 0 Å². The number of alkyl halides is 3. The van der Waals surface area contributed by atoms with Gasteiger partial charge >= 0.3 is 6.18 Å². The van der Waals surface area contributed by atoms with Gasteiger partial charge in [-0.05, 0) is 36.4 Å². The van der Waals surface area contributed by atoms with E-state index in [4.69, 9.17) is 0 Å². The van der Waals surface area contributed by atoms with Gasteiger partial charge in [-0.15, -0.1) is 11.3 Å². The van der Waals surface area contributed by atoms with Crippen molar-refractivity contribution in [1.29, 1.82) is 0 Å². The van der Waals surface area contributed by atoms with Crippen molar-refractivity contribution in [2.75, 3.05) is 6.54 Å². The summed E-state index contributed by atoms with van der Waals surface area (Å²) in [4.78, 5) is 19.8. The average Bonchev–Trinajstić information content (AvgIpc) is 3.52. The minimum Gasteiger partial charge on any atom is -0.331 e. The van der Waals surface area contributed by atoms with Crippen LogP contribution in [0.3, 0.4) is 0 Å². The first-order chi connectivity index (χ1) is 15.3. The largest absolute Gasteiger partial charge is 0.433 e. The Kier molecular flexibility index (Phi) is 4.96. The van der Waals surface area contributed by atoms with E-state index in [9.17, 15) is 22.4 Å². The number of hydrogen-bond acceptors (Lipinski definition) is 4. The van der Waals surface area contributed by atoms with Crippen LogP contribution >= 0.6 is 11.3 Å². The summed E-state index contributed by atoms with van der Waals surface area (Å²) in [6.07, 6.45) is -2.36. The van der Waals surface area contributed by atoms with E-state index in [1.54, 1.807) is 35.7 Å². The van der Waals surface area contributed by atoms with Crippen molar-refractivity contribution in [3.05, 3.63) is 76.7 Å². The fourth-order valence-electron chi connectivity index (χ4n) is 4.10. The summed E-state index contributed by atoms with van der Waals surface area (Å²) in [7, 11) is 0. The third kappa shape index (κ3) is 3.44. The first-order valence-electron chi connectivity index (χ1n) is 9.90. The van der Waals surface area contributed by atoms with E-state index >= 15 is 0 Å². The third-order valence-corrected chi connectivity index (χ3v) is 6.44. The van der Waals surface area contributed by atoms with Crippen LogP contribution in [-0.2, 0) is 6.18 Å². The summed E-state index contributed by atoms with van der Waals surface area (Å²) >= 11 is 1.25.